The van der Waals surface area contributed by atoms with Crippen molar-refractivity contribution < 1.29 is 13.2 Å². The first-order chi connectivity index (χ1) is 9.46. The second kappa shape index (κ2) is 6.59. The van der Waals surface area contributed by atoms with Crippen LogP contribution in [0, 0.1) is 5.92 Å². The highest BCUT2D eigenvalue weighted by atomic mass is 35.5. The first kappa shape index (κ1) is 15.3. The van der Waals surface area contributed by atoms with Crippen LogP contribution < -0.4 is 5.32 Å². The molecule has 0 unspecified atom stereocenters. The van der Waals surface area contributed by atoms with Crippen molar-refractivity contribution in [3.05, 3.63) is 34.9 Å². The van der Waals surface area contributed by atoms with Gasteiger partial charge in [0.25, 0.3) is 0 Å². The first-order valence-electron chi connectivity index (χ1n) is 6.69. The van der Waals surface area contributed by atoms with Gasteiger partial charge in [-0.05, 0) is 37.0 Å². The van der Waals surface area contributed by atoms with Crippen molar-refractivity contribution in [1.29, 1.82) is 0 Å². The molecule has 1 aromatic carbocycles. The van der Waals surface area contributed by atoms with E-state index in [9.17, 15) is 13.2 Å². The van der Waals surface area contributed by atoms with Crippen LogP contribution in [0.4, 0.5) is 0 Å². The van der Waals surface area contributed by atoms with Gasteiger partial charge in [0, 0.05) is 11.6 Å². The van der Waals surface area contributed by atoms with Crippen LogP contribution in [0.5, 0.6) is 0 Å². The number of hydrogen-bond donors (Lipinski definition) is 1. The van der Waals surface area contributed by atoms with E-state index in [1.807, 2.05) is 24.3 Å². The number of halogens is 1. The molecule has 1 atom stereocenters. The second-order valence-electron chi connectivity index (χ2n) is 5.12. The van der Waals surface area contributed by atoms with Gasteiger partial charge in [0.15, 0.2) is 9.84 Å². The molecule has 1 saturated heterocycles. The fraction of sp³-hybridized carbons (Fsp3) is 0.500. The van der Waals surface area contributed by atoms with Crippen LogP contribution in [0.1, 0.15) is 18.4 Å². The Morgan fingerprint density at radius 3 is 2.60 bits per heavy atom. The summed E-state index contributed by atoms with van der Waals surface area (Å²) >= 11 is 5.80. The highest BCUT2D eigenvalue weighted by Crippen LogP contribution is 2.18. The Morgan fingerprint density at radius 2 is 2.00 bits per heavy atom. The summed E-state index contributed by atoms with van der Waals surface area (Å²) in [6.07, 6.45) is 2.14. The Hall–Kier alpha value is -1.07. The number of rotatable bonds is 5. The first-order valence-corrected chi connectivity index (χ1v) is 8.89. The summed E-state index contributed by atoms with van der Waals surface area (Å²) in [5.74, 6) is -0.371. The van der Waals surface area contributed by atoms with E-state index in [1.165, 1.54) is 5.56 Å². The lowest BCUT2D eigenvalue weighted by Crippen LogP contribution is -2.32. The molecular weight excluding hydrogens is 298 g/mol. The largest absolute Gasteiger partial charge is 0.356 e. The van der Waals surface area contributed by atoms with E-state index in [1.54, 1.807) is 0 Å². The van der Waals surface area contributed by atoms with Gasteiger partial charge in [-0.25, -0.2) is 8.42 Å². The van der Waals surface area contributed by atoms with E-state index in [0.717, 1.165) is 12.8 Å². The molecule has 1 heterocycles. The van der Waals surface area contributed by atoms with Crippen LogP contribution in [0.2, 0.25) is 5.02 Å². The molecule has 1 amide bonds. The molecule has 1 fully saturated rings. The van der Waals surface area contributed by atoms with Crippen molar-refractivity contribution in [2.45, 2.75) is 19.3 Å². The molecule has 0 aromatic heterocycles. The zero-order chi connectivity index (χ0) is 14.6. The van der Waals surface area contributed by atoms with Gasteiger partial charge in [0.05, 0.1) is 17.4 Å². The maximum atomic E-state index is 11.8. The van der Waals surface area contributed by atoms with Crippen molar-refractivity contribution >= 4 is 27.3 Å². The molecule has 1 aromatic rings. The van der Waals surface area contributed by atoms with Crippen LogP contribution >= 0.6 is 11.6 Å². The van der Waals surface area contributed by atoms with Crippen molar-refractivity contribution in [2.75, 3.05) is 18.1 Å². The molecule has 2 rings (SSSR count). The van der Waals surface area contributed by atoms with Gasteiger partial charge >= 0.3 is 0 Å². The SMILES string of the molecule is O=C(NCCCc1ccc(Cl)cc1)[C@@H]1CCS(=O)(=O)C1. The summed E-state index contributed by atoms with van der Waals surface area (Å²) in [4.78, 5) is 11.8. The molecule has 4 nitrogen and oxygen atoms in total. The van der Waals surface area contributed by atoms with Crippen LogP contribution in [0.25, 0.3) is 0 Å². The number of benzene rings is 1. The Labute approximate surface area is 124 Å². The molecule has 1 N–H and O–H groups in total. The van der Waals surface area contributed by atoms with Gasteiger partial charge in [0.1, 0.15) is 0 Å². The predicted octanol–water partition coefficient (Wildman–Crippen LogP) is 1.82. The third kappa shape index (κ3) is 4.49. The number of nitrogens with one attached hydrogen (secondary N) is 1. The lowest BCUT2D eigenvalue weighted by Gasteiger charge is -2.09. The molecule has 110 valence electrons. The van der Waals surface area contributed by atoms with Gasteiger partial charge < -0.3 is 5.32 Å². The predicted molar refractivity (Wildman–Crippen MR) is 79.5 cm³/mol. The molecular formula is C14H18ClNO3S. The number of amides is 1. The maximum Gasteiger partial charge on any atom is 0.224 e. The quantitative estimate of drug-likeness (QED) is 0.843. The minimum atomic E-state index is -2.99. The van der Waals surface area contributed by atoms with E-state index < -0.39 is 9.84 Å². The number of carbonyl (C=O) groups is 1. The maximum absolute atomic E-state index is 11.8. The molecule has 1 aliphatic rings. The zero-order valence-electron chi connectivity index (χ0n) is 11.1. The monoisotopic (exact) mass is 315 g/mol. The van der Waals surface area contributed by atoms with Crippen molar-refractivity contribution in [2.24, 2.45) is 5.92 Å². The zero-order valence-corrected chi connectivity index (χ0v) is 12.7. The topological polar surface area (TPSA) is 63.2 Å². The minimum absolute atomic E-state index is 0.00395. The minimum Gasteiger partial charge on any atom is -0.356 e. The molecule has 1 aliphatic heterocycles. The Balaban J connectivity index is 1.68. The van der Waals surface area contributed by atoms with Gasteiger partial charge in [-0.1, -0.05) is 23.7 Å². The third-order valence-corrected chi connectivity index (χ3v) is 5.48. The Kier molecular flexibility index (Phi) is 5.05. The number of sulfone groups is 1. The van der Waals surface area contributed by atoms with Gasteiger partial charge in [0.2, 0.25) is 5.91 Å². The highest BCUT2D eigenvalue weighted by Gasteiger charge is 2.32. The Morgan fingerprint density at radius 1 is 1.30 bits per heavy atom. The van der Waals surface area contributed by atoms with Crippen molar-refractivity contribution in [3.63, 3.8) is 0 Å². The molecule has 0 saturated carbocycles. The summed E-state index contributed by atoms with van der Waals surface area (Å²) in [5.41, 5.74) is 1.17. The van der Waals surface area contributed by atoms with Crippen LogP contribution in [-0.4, -0.2) is 32.4 Å². The van der Waals surface area contributed by atoms with E-state index >= 15 is 0 Å². The fourth-order valence-electron chi connectivity index (χ4n) is 2.30. The molecule has 0 bridgehead atoms. The van der Waals surface area contributed by atoms with E-state index in [0.29, 0.717) is 18.0 Å². The van der Waals surface area contributed by atoms with E-state index in [-0.39, 0.29) is 23.3 Å². The summed E-state index contributed by atoms with van der Waals surface area (Å²) in [6, 6.07) is 7.62. The molecule has 0 spiro atoms. The second-order valence-corrected chi connectivity index (χ2v) is 7.79. The van der Waals surface area contributed by atoms with E-state index in [4.69, 9.17) is 11.6 Å². The summed E-state index contributed by atoms with van der Waals surface area (Å²) in [5, 5.41) is 3.53. The number of aryl methyl sites for hydroxylation is 1. The summed E-state index contributed by atoms with van der Waals surface area (Å²) in [7, 11) is -2.99. The normalized spacial score (nSPS) is 20.8. The van der Waals surface area contributed by atoms with Crippen LogP contribution in [-0.2, 0) is 21.1 Å². The molecule has 0 radical (unpaired) electrons. The van der Waals surface area contributed by atoms with Crippen LogP contribution in [0.3, 0.4) is 0 Å². The smallest absolute Gasteiger partial charge is 0.224 e. The highest BCUT2D eigenvalue weighted by molar-refractivity contribution is 7.91. The average Bonchev–Trinajstić information content (AvgIpc) is 2.77. The molecule has 0 aliphatic carbocycles. The lowest BCUT2D eigenvalue weighted by molar-refractivity contribution is -0.124. The number of hydrogen-bond acceptors (Lipinski definition) is 3. The summed E-state index contributed by atoms with van der Waals surface area (Å²) < 4.78 is 22.6. The van der Waals surface area contributed by atoms with Crippen molar-refractivity contribution in [3.8, 4) is 0 Å². The number of carbonyl (C=O) groups excluding carboxylic acids is 1. The van der Waals surface area contributed by atoms with Crippen LogP contribution in [0.15, 0.2) is 24.3 Å². The van der Waals surface area contributed by atoms with E-state index in [2.05, 4.69) is 5.32 Å². The van der Waals surface area contributed by atoms with Gasteiger partial charge in [-0.3, -0.25) is 4.79 Å². The van der Waals surface area contributed by atoms with Gasteiger partial charge in [-0.15, -0.1) is 0 Å². The molecule has 6 heteroatoms. The van der Waals surface area contributed by atoms with Gasteiger partial charge in [-0.2, -0.15) is 0 Å². The summed E-state index contributed by atoms with van der Waals surface area (Å²) in [6.45, 7) is 0.567. The Bertz CT molecular complexity index is 569. The lowest BCUT2D eigenvalue weighted by atomic mass is 10.1. The van der Waals surface area contributed by atoms with Crippen molar-refractivity contribution in [1.82, 2.24) is 5.32 Å². The third-order valence-electron chi connectivity index (χ3n) is 3.46. The molecule has 20 heavy (non-hydrogen) atoms. The standard InChI is InChI=1S/C14H18ClNO3S/c15-13-5-3-11(4-6-13)2-1-8-16-14(17)12-7-9-20(18,19)10-12/h3-6,12H,1-2,7-10H2,(H,16,17)/t12-/m1/s1. The average molecular weight is 316 g/mol. The fourth-order valence-corrected chi connectivity index (χ4v) is 4.17.